The van der Waals surface area contributed by atoms with Crippen molar-refractivity contribution in [1.82, 2.24) is 14.7 Å². The summed E-state index contributed by atoms with van der Waals surface area (Å²) >= 11 is 0. The van der Waals surface area contributed by atoms with Crippen LogP contribution in [0.1, 0.15) is 12.0 Å². The summed E-state index contributed by atoms with van der Waals surface area (Å²) in [4.78, 5) is 19.8. The molecular weight excluding hydrogens is 454 g/mol. The van der Waals surface area contributed by atoms with E-state index in [0.29, 0.717) is 5.69 Å². The number of anilines is 2. The Kier molecular flexibility index (Phi) is 7.18. The molecule has 2 aromatic carbocycles. The van der Waals surface area contributed by atoms with Crippen molar-refractivity contribution < 1.29 is 21.6 Å². The van der Waals surface area contributed by atoms with Crippen molar-refractivity contribution in [3.8, 4) is 0 Å². The molecule has 1 amide bonds. The Labute approximate surface area is 186 Å². The number of aromatic nitrogens is 2. The molecule has 0 saturated heterocycles. The highest BCUT2D eigenvalue weighted by atomic mass is 32.2. The normalized spacial score (nSPS) is 11.7. The molecule has 3 N–H and O–H groups in total. The Hall–Kier alpha value is -3.35. The minimum Gasteiger partial charge on any atom is -0.326 e. The van der Waals surface area contributed by atoms with E-state index in [9.17, 15) is 21.6 Å². The van der Waals surface area contributed by atoms with Crippen molar-refractivity contribution in [1.29, 1.82) is 0 Å². The lowest BCUT2D eigenvalue weighted by atomic mass is 10.2. The SMILES string of the molecule is Cc1ccc(S(=O)(=O)NCCC(=O)Nc2ccc(S(=O)(=O)Nc3ncccn3)cc2)cc1. The first-order valence-corrected chi connectivity index (χ1v) is 12.4. The molecule has 0 radical (unpaired) electrons. The molecule has 0 aliphatic heterocycles. The van der Waals surface area contributed by atoms with E-state index in [-0.39, 0.29) is 28.7 Å². The maximum absolute atomic E-state index is 12.4. The van der Waals surface area contributed by atoms with E-state index in [2.05, 4.69) is 24.7 Å². The molecular formula is C20H21N5O5S2. The van der Waals surface area contributed by atoms with Gasteiger partial charge in [0.2, 0.25) is 21.9 Å². The molecule has 168 valence electrons. The Bertz CT molecular complexity index is 1280. The van der Waals surface area contributed by atoms with Gasteiger partial charge >= 0.3 is 0 Å². The summed E-state index contributed by atoms with van der Waals surface area (Å²) in [6.07, 6.45) is 2.72. The zero-order valence-corrected chi connectivity index (χ0v) is 18.7. The summed E-state index contributed by atoms with van der Waals surface area (Å²) in [5.41, 5.74) is 1.30. The molecule has 3 aromatic rings. The Morgan fingerprint density at radius 1 is 0.844 bits per heavy atom. The van der Waals surface area contributed by atoms with Crippen LogP contribution in [-0.2, 0) is 24.8 Å². The molecule has 10 nitrogen and oxygen atoms in total. The Morgan fingerprint density at radius 2 is 1.41 bits per heavy atom. The Morgan fingerprint density at radius 3 is 2.03 bits per heavy atom. The van der Waals surface area contributed by atoms with Crippen molar-refractivity contribution in [3.05, 3.63) is 72.6 Å². The molecule has 12 heteroatoms. The molecule has 0 aliphatic carbocycles. The van der Waals surface area contributed by atoms with Crippen LogP contribution < -0.4 is 14.8 Å². The molecule has 0 bridgehead atoms. The number of carbonyl (C=O) groups is 1. The molecule has 0 unspecified atom stereocenters. The summed E-state index contributed by atoms with van der Waals surface area (Å²) < 4.78 is 53.8. The third-order valence-electron chi connectivity index (χ3n) is 4.22. The number of hydrogen-bond acceptors (Lipinski definition) is 7. The quantitative estimate of drug-likeness (QED) is 0.428. The van der Waals surface area contributed by atoms with Gasteiger partial charge in [0.05, 0.1) is 9.79 Å². The Balaban J connectivity index is 1.53. The van der Waals surface area contributed by atoms with Crippen LogP contribution in [0.25, 0.3) is 0 Å². The first-order valence-electron chi connectivity index (χ1n) is 9.42. The number of hydrogen-bond donors (Lipinski definition) is 3. The largest absolute Gasteiger partial charge is 0.326 e. The average molecular weight is 476 g/mol. The molecule has 32 heavy (non-hydrogen) atoms. The maximum Gasteiger partial charge on any atom is 0.264 e. The second-order valence-corrected chi connectivity index (χ2v) is 10.2. The molecule has 3 rings (SSSR count). The van der Waals surface area contributed by atoms with E-state index in [1.807, 2.05) is 6.92 Å². The van der Waals surface area contributed by atoms with Gasteiger partial charge in [-0.2, -0.15) is 0 Å². The standard InChI is InChI=1S/C20H21N5O5S2/c1-15-3-7-17(8-4-15)31(27,28)23-14-11-19(26)24-16-5-9-18(10-6-16)32(29,30)25-20-21-12-2-13-22-20/h2-10,12-13,23H,11,14H2,1H3,(H,24,26)(H,21,22,25). The number of rotatable bonds is 9. The van der Waals surface area contributed by atoms with Gasteiger partial charge in [0, 0.05) is 31.0 Å². The molecule has 0 spiro atoms. The number of nitrogens with zero attached hydrogens (tertiary/aromatic N) is 2. The summed E-state index contributed by atoms with van der Waals surface area (Å²) in [7, 11) is -7.59. The molecule has 0 saturated carbocycles. The highest BCUT2D eigenvalue weighted by molar-refractivity contribution is 7.92. The van der Waals surface area contributed by atoms with E-state index in [1.165, 1.54) is 48.8 Å². The van der Waals surface area contributed by atoms with Gasteiger partial charge in [-0.05, 0) is 49.4 Å². The minimum atomic E-state index is -3.88. The molecule has 1 aromatic heterocycles. The van der Waals surface area contributed by atoms with E-state index in [4.69, 9.17) is 0 Å². The number of nitrogens with one attached hydrogen (secondary N) is 3. The van der Waals surface area contributed by atoms with Crippen LogP contribution in [0.2, 0.25) is 0 Å². The maximum atomic E-state index is 12.4. The first-order chi connectivity index (χ1) is 15.2. The third-order valence-corrected chi connectivity index (χ3v) is 7.04. The van der Waals surface area contributed by atoms with Crippen LogP contribution in [0.4, 0.5) is 11.6 Å². The number of carbonyl (C=O) groups excluding carboxylic acids is 1. The molecule has 1 heterocycles. The number of sulfonamides is 2. The van der Waals surface area contributed by atoms with E-state index >= 15 is 0 Å². The first kappa shape index (κ1) is 23.3. The predicted octanol–water partition coefficient (Wildman–Crippen LogP) is 1.89. The van der Waals surface area contributed by atoms with Crippen LogP contribution in [-0.4, -0.2) is 39.3 Å². The van der Waals surface area contributed by atoms with Crippen LogP contribution in [0.3, 0.4) is 0 Å². The van der Waals surface area contributed by atoms with Crippen molar-refractivity contribution in [3.63, 3.8) is 0 Å². The van der Waals surface area contributed by atoms with Crippen molar-refractivity contribution >= 4 is 37.6 Å². The number of amides is 1. The highest BCUT2D eigenvalue weighted by Gasteiger charge is 2.16. The predicted molar refractivity (Wildman–Crippen MR) is 119 cm³/mol. The van der Waals surface area contributed by atoms with Crippen LogP contribution in [0.15, 0.2) is 76.8 Å². The summed E-state index contributed by atoms with van der Waals surface area (Å²) in [6, 6.07) is 13.4. The van der Waals surface area contributed by atoms with E-state index in [0.717, 1.165) is 5.56 Å². The number of benzene rings is 2. The highest BCUT2D eigenvalue weighted by Crippen LogP contribution is 2.16. The van der Waals surface area contributed by atoms with Gasteiger partial charge in [0.15, 0.2) is 0 Å². The number of aryl methyl sites for hydroxylation is 1. The van der Waals surface area contributed by atoms with Crippen molar-refractivity contribution in [2.75, 3.05) is 16.6 Å². The van der Waals surface area contributed by atoms with Crippen molar-refractivity contribution in [2.24, 2.45) is 0 Å². The fourth-order valence-electron chi connectivity index (χ4n) is 2.57. The fourth-order valence-corrected chi connectivity index (χ4v) is 4.56. The van der Waals surface area contributed by atoms with Gasteiger partial charge in [-0.25, -0.2) is 36.2 Å². The summed E-state index contributed by atoms with van der Waals surface area (Å²) in [5, 5.41) is 2.59. The minimum absolute atomic E-state index is 0.0335. The van der Waals surface area contributed by atoms with Crippen molar-refractivity contribution in [2.45, 2.75) is 23.1 Å². The van der Waals surface area contributed by atoms with E-state index in [1.54, 1.807) is 18.2 Å². The zero-order chi connectivity index (χ0) is 23.2. The lowest BCUT2D eigenvalue weighted by Gasteiger charge is -2.09. The molecule has 0 aliphatic rings. The topological polar surface area (TPSA) is 147 Å². The van der Waals surface area contributed by atoms with Crippen LogP contribution in [0, 0.1) is 6.92 Å². The van der Waals surface area contributed by atoms with E-state index < -0.39 is 26.0 Å². The van der Waals surface area contributed by atoms with Gasteiger partial charge in [-0.3, -0.25) is 4.79 Å². The summed E-state index contributed by atoms with van der Waals surface area (Å²) in [6.45, 7) is 1.76. The van der Waals surface area contributed by atoms with Gasteiger partial charge < -0.3 is 5.32 Å². The van der Waals surface area contributed by atoms with Gasteiger partial charge in [0.25, 0.3) is 10.0 Å². The molecule has 0 fully saturated rings. The summed E-state index contributed by atoms with van der Waals surface area (Å²) in [5.74, 6) is -0.485. The van der Waals surface area contributed by atoms with Crippen LogP contribution in [0.5, 0.6) is 0 Å². The molecule has 0 atom stereocenters. The fraction of sp³-hybridized carbons (Fsp3) is 0.150. The average Bonchev–Trinajstić information content (AvgIpc) is 2.75. The van der Waals surface area contributed by atoms with Gasteiger partial charge in [0.1, 0.15) is 0 Å². The zero-order valence-electron chi connectivity index (χ0n) is 17.0. The second-order valence-electron chi connectivity index (χ2n) is 6.71. The second kappa shape index (κ2) is 9.85. The smallest absolute Gasteiger partial charge is 0.264 e. The van der Waals surface area contributed by atoms with Gasteiger partial charge in [-0.15, -0.1) is 0 Å². The van der Waals surface area contributed by atoms with Gasteiger partial charge in [-0.1, -0.05) is 17.7 Å². The third kappa shape index (κ3) is 6.33. The lowest BCUT2D eigenvalue weighted by Crippen LogP contribution is -2.27. The lowest BCUT2D eigenvalue weighted by molar-refractivity contribution is -0.116. The monoisotopic (exact) mass is 475 g/mol. The van der Waals surface area contributed by atoms with Crippen LogP contribution >= 0.6 is 0 Å².